The molecule has 0 spiro atoms. The molecular weight excluding hydrogens is 258 g/mol. The molecule has 0 aliphatic rings. The van der Waals surface area contributed by atoms with Crippen LogP contribution in [0, 0.1) is 0 Å². The van der Waals surface area contributed by atoms with Crippen molar-refractivity contribution in [1.29, 1.82) is 0 Å². The van der Waals surface area contributed by atoms with Crippen LogP contribution < -0.4 is 10.1 Å². The standard InChI is InChI=1S/C15H23NO4/c1-3-19-9-5-6-15(18)16-13-7-8-14(20-4-2)12(10-13)11-17/h7-8,10,17H,3-6,9,11H2,1-2H3,(H,16,18). The Hall–Kier alpha value is -1.59. The minimum absolute atomic E-state index is 0.0576. The van der Waals surface area contributed by atoms with Crippen molar-refractivity contribution in [3.8, 4) is 5.75 Å². The molecule has 0 fully saturated rings. The van der Waals surface area contributed by atoms with Crippen LogP contribution in [0.3, 0.4) is 0 Å². The molecule has 0 aliphatic carbocycles. The van der Waals surface area contributed by atoms with E-state index < -0.39 is 0 Å². The average Bonchev–Trinajstić information content (AvgIpc) is 2.45. The third-order valence-corrected chi connectivity index (χ3v) is 2.71. The van der Waals surface area contributed by atoms with Crippen LogP contribution >= 0.6 is 0 Å². The van der Waals surface area contributed by atoms with Crippen molar-refractivity contribution >= 4 is 11.6 Å². The Morgan fingerprint density at radius 1 is 1.30 bits per heavy atom. The van der Waals surface area contributed by atoms with Gasteiger partial charge in [0.2, 0.25) is 5.91 Å². The number of aliphatic hydroxyl groups excluding tert-OH is 1. The second-order valence-electron chi connectivity index (χ2n) is 4.26. The second kappa shape index (κ2) is 9.34. The van der Waals surface area contributed by atoms with E-state index in [1.165, 1.54) is 0 Å². The zero-order valence-corrected chi connectivity index (χ0v) is 12.1. The van der Waals surface area contributed by atoms with Crippen molar-refractivity contribution < 1.29 is 19.4 Å². The molecule has 0 saturated heterocycles. The summed E-state index contributed by atoms with van der Waals surface area (Å²) >= 11 is 0. The van der Waals surface area contributed by atoms with Crippen LogP contribution in [0.4, 0.5) is 5.69 Å². The van der Waals surface area contributed by atoms with Crippen LogP contribution in [0.5, 0.6) is 5.75 Å². The lowest BCUT2D eigenvalue weighted by Gasteiger charge is -2.11. The van der Waals surface area contributed by atoms with E-state index in [9.17, 15) is 9.90 Å². The first kappa shape index (κ1) is 16.5. The highest BCUT2D eigenvalue weighted by Gasteiger charge is 2.07. The quantitative estimate of drug-likeness (QED) is 0.682. The van der Waals surface area contributed by atoms with E-state index >= 15 is 0 Å². The molecule has 2 N–H and O–H groups in total. The number of carbonyl (C=O) groups is 1. The van der Waals surface area contributed by atoms with Crippen molar-refractivity contribution in [2.75, 3.05) is 25.1 Å². The molecule has 1 rings (SSSR count). The minimum atomic E-state index is -0.122. The smallest absolute Gasteiger partial charge is 0.224 e. The Balaban J connectivity index is 2.52. The van der Waals surface area contributed by atoms with Crippen molar-refractivity contribution in [3.05, 3.63) is 23.8 Å². The Bertz CT molecular complexity index is 420. The Kier molecular flexibility index (Phi) is 7.69. The average molecular weight is 281 g/mol. The third-order valence-electron chi connectivity index (χ3n) is 2.71. The van der Waals surface area contributed by atoms with Gasteiger partial charge in [-0.25, -0.2) is 0 Å². The van der Waals surface area contributed by atoms with Gasteiger partial charge >= 0.3 is 0 Å². The van der Waals surface area contributed by atoms with Gasteiger partial charge in [0.25, 0.3) is 0 Å². The fourth-order valence-electron chi connectivity index (χ4n) is 1.78. The summed E-state index contributed by atoms with van der Waals surface area (Å²) in [6.45, 7) is 5.49. The monoisotopic (exact) mass is 281 g/mol. The number of hydrogen-bond acceptors (Lipinski definition) is 4. The van der Waals surface area contributed by atoms with Crippen LogP contribution in [0.1, 0.15) is 32.3 Å². The third kappa shape index (κ3) is 5.59. The lowest BCUT2D eigenvalue weighted by molar-refractivity contribution is -0.116. The predicted molar refractivity (Wildman–Crippen MR) is 77.9 cm³/mol. The van der Waals surface area contributed by atoms with E-state index in [1.807, 2.05) is 13.8 Å². The van der Waals surface area contributed by atoms with Crippen molar-refractivity contribution in [2.45, 2.75) is 33.3 Å². The molecule has 20 heavy (non-hydrogen) atoms. The number of benzene rings is 1. The van der Waals surface area contributed by atoms with E-state index in [2.05, 4.69) is 5.32 Å². The maximum atomic E-state index is 11.7. The van der Waals surface area contributed by atoms with Crippen molar-refractivity contribution in [2.24, 2.45) is 0 Å². The van der Waals surface area contributed by atoms with Gasteiger partial charge in [-0.05, 0) is 38.5 Å². The summed E-state index contributed by atoms with van der Waals surface area (Å²) in [6.07, 6.45) is 1.12. The first-order chi connectivity index (χ1) is 9.71. The molecule has 1 aromatic rings. The number of nitrogens with one attached hydrogen (secondary N) is 1. The van der Waals surface area contributed by atoms with Crippen molar-refractivity contribution in [1.82, 2.24) is 0 Å². The number of carbonyl (C=O) groups excluding carboxylic acids is 1. The fourth-order valence-corrected chi connectivity index (χ4v) is 1.78. The summed E-state index contributed by atoms with van der Waals surface area (Å²) in [5.41, 5.74) is 1.33. The zero-order valence-electron chi connectivity index (χ0n) is 12.1. The first-order valence-electron chi connectivity index (χ1n) is 6.95. The lowest BCUT2D eigenvalue weighted by atomic mass is 10.2. The van der Waals surface area contributed by atoms with Crippen molar-refractivity contribution in [3.63, 3.8) is 0 Å². The molecule has 5 nitrogen and oxygen atoms in total. The summed E-state index contributed by atoms with van der Waals surface area (Å²) < 4.78 is 10.6. The largest absolute Gasteiger partial charge is 0.494 e. The van der Waals surface area contributed by atoms with Crippen LogP contribution in [-0.4, -0.2) is 30.8 Å². The number of ether oxygens (including phenoxy) is 2. The molecule has 1 aromatic carbocycles. The normalized spacial score (nSPS) is 10.3. The summed E-state index contributed by atoms with van der Waals surface area (Å²) in [5, 5.41) is 12.1. The highest BCUT2D eigenvalue weighted by molar-refractivity contribution is 5.90. The van der Waals surface area contributed by atoms with Gasteiger partial charge < -0.3 is 19.9 Å². The molecule has 0 bridgehead atoms. The van der Waals surface area contributed by atoms with E-state index in [0.29, 0.717) is 49.7 Å². The summed E-state index contributed by atoms with van der Waals surface area (Å²) in [6, 6.07) is 5.25. The summed E-state index contributed by atoms with van der Waals surface area (Å²) in [7, 11) is 0. The van der Waals surface area contributed by atoms with Gasteiger partial charge in [0.05, 0.1) is 13.2 Å². The number of anilines is 1. The predicted octanol–water partition coefficient (Wildman–Crippen LogP) is 2.33. The molecule has 0 heterocycles. The number of hydrogen-bond donors (Lipinski definition) is 2. The second-order valence-corrected chi connectivity index (χ2v) is 4.26. The Labute approximate surface area is 119 Å². The van der Waals surface area contributed by atoms with E-state index in [4.69, 9.17) is 9.47 Å². The molecule has 1 amide bonds. The first-order valence-corrected chi connectivity index (χ1v) is 6.95. The van der Waals surface area contributed by atoms with Gasteiger partial charge in [-0.1, -0.05) is 0 Å². The van der Waals surface area contributed by atoms with Crippen LogP contribution in [-0.2, 0) is 16.1 Å². The molecule has 0 aliphatic heterocycles. The van der Waals surface area contributed by atoms with E-state index in [1.54, 1.807) is 18.2 Å². The molecule has 5 heteroatoms. The molecule has 0 aromatic heterocycles. The summed E-state index contributed by atoms with van der Waals surface area (Å²) in [5.74, 6) is 0.585. The SMILES string of the molecule is CCOCCCC(=O)Nc1ccc(OCC)c(CO)c1. The minimum Gasteiger partial charge on any atom is -0.494 e. The Morgan fingerprint density at radius 2 is 2.10 bits per heavy atom. The van der Waals surface area contributed by atoms with Crippen LogP contribution in [0.25, 0.3) is 0 Å². The van der Waals surface area contributed by atoms with Gasteiger partial charge in [-0.2, -0.15) is 0 Å². The van der Waals surface area contributed by atoms with E-state index in [0.717, 1.165) is 0 Å². The number of amides is 1. The van der Waals surface area contributed by atoms with Crippen LogP contribution in [0.2, 0.25) is 0 Å². The Morgan fingerprint density at radius 3 is 2.75 bits per heavy atom. The van der Waals surface area contributed by atoms with Gasteiger partial charge in [0, 0.05) is 30.9 Å². The highest BCUT2D eigenvalue weighted by atomic mass is 16.5. The molecule has 0 atom stereocenters. The number of aliphatic hydroxyl groups is 1. The molecular formula is C15H23NO4. The number of rotatable bonds is 9. The highest BCUT2D eigenvalue weighted by Crippen LogP contribution is 2.23. The zero-order chi connectivity index (χ0) is 14.8. The molecule has 112 valence electrons. The maximum absolute atomic E-state index is 11.7. The maximum Gasteiger partial charge on any atom is 0.224 e. The summed E-state index contributed by atoms with van der Waals surface area (Å²) in [4.78, 5) is 11.7. The molecule has 0 saturated carbocycles. The van der Waals surface area contributed by atoms with Gasteiger partial charge in [-0.3, -0.25) is 4.79 Å². The molecule has 0 radical (unpaired) electrons. The molecule has 0 unspecified atom stereocenters. The lowest BCUT2D eigenvalue weighted by Crippen LogP contribution is -2.12. The van der Waals surface area contributed by atoms with Gasteiger partial charge in [0.1, 0.15) is 5.75 Å². The topological polar surface area (TPSA) is 67.8 Å². The van der Waals surface area contributed by atoms with E-state index in [-0.39, 0.29) is 12.5 Å². The fraction of sp³-hybridized carbons (Fsp3) is 0.533. The van der Waals surface area contributed by atoms with Gasteiger partial charge in [-0.15, -0.1) is 0 Å². The van der Waals surface area contributed by atoms with Crippen LogP contribution in [0.15, 0.2) is 18.2 Å². The van der Waals surface area contributed by atoms with Gasteiger partial charge in [0.15, 0.2) is 0 Å².